The quantitative estimate of drug-likeness (QED) is 0.908. The number of nitrogens with one attached hydrogen (secondary N) is 1. The van der Waals surface area contributed by atoms with E-state index in [9.17, 15) is 4.79 Å². The van der Waals surface area contributed by atoms with Gasteiger partial charge in [-0.05, 0) is 56.0 Å². The van der Waals surface area contributed by atoms with Crippen molar-refractivity contribution in [1.82, 2.24) is 5.32 Å². The van der Waals surface area contributed by atoms with E-state index in [0.717, 1.165) is 16.5 Å². The zero-order valence-corrected chi connectivity index (χ0v) is 13.4. The second-order valence-electron chi connectivity index (χ2n) is 6.32. The van der Waals surface area contributed by atoms with Gasteiger partial charge in [-0.15, -0.1) is 0 Å². The molecular weight excluding hydrogens is 264 g/mol. The number of rotatable bonds is 4. The SMILES string of the molecule is Cc1cc2cc(C(=O)NC(C)(CN)C(C)C)oc2cc1C. The van der Waals surface area contributed by atoms with Gasteiger partial charge >= 0.3 is 0 Å². The minimum absolute atomic E-state index is 0.219. The van der Waals surface area contributed by atoms with E-state index in [4.69, 9.17) is 10.2 Å². The zero-order valence-electron chi connectivity index (χ0n) is 13.4. The fourth-order valence-electron chi connectivity index (χ4n) is 2.17. The lowest BCUT2D eigenvalue weighted by molar-refractivity contribution is 0.0856. The van der Waals surface area contributed by atoms with Gasteiger partial charge in [-0.2, -0.15) is 0 Å². The maximum Gasteiger partial charge on any atom is 0.287 e. The summed E-state index contributed by atoms with van der Waals surface area (Å²) in [5.41, 5.74) is 8.43. The Morgan fingerprint density at radius 1 is 1.29 bits per heavy atom. The lowest BCUT2D eigenvalue weighted by atomic mass is 9.88. The van der Waals surface area contributed by atoms with Crippen LogP contribution in [0.15, 0.2) is 22.6 Å². The molecule has 0 saturated carbocycles. The number of benzene rings is 1. The number of hydrogen-bond acceptors (Lipinski definition) is 3. The smallest absolute Gasteiger partial charge is 0.287 e. The van der Waals surface area contributed by atoms with Crippen LogP contribution < -0.4 is 11.1 Å². The molecule has 1 unspecified atom stereocenters. The van der Waals surface area contributed by atoms with Crippen LogP contribution in [-0.4, -0.2) is 18.0 Å². The van der Waals surface area contributed by atoms with Gasteiger partial charge in [-0.3, -0.25) is 4.79 Å². The van der Waals surface area contributed by atoms with Gasteiger partial charge in [-0.25, -0.2) is 0 Å². The van der Waals surface area contributed by atoms with Crippen molar-refractivity contribution in [2.24, 2.45) is 11.7 Å². The molecule has 0 fully saturated rings. The summed E-state index contributed by atoms with van der Waals surface area (Å²) in [7, 11) is 0. The number of hydrogen-bond donors (Lipinski definition) is 2. The molecule has 0 aliphatic heterocycles. The van der Waals surface area contributed by atoms with Crippen molar-refractivity contribution in [3.05, 3.63) is 35.1 Å². The van der Waals surface area contributed by atoms with E-state index < -0.39 is 5.54 Å². The van der Waals surface area contributed by atoms with Crippen molar-refractivity contribution >= 4 is 16.9 Å². The van der Waals surface area contributed by atoms with Crippen molar-refractivity contribution < 1.29 is 9.21 Å². The highest BCUT2D eigenvalue weighted by atomic mass is 16.3. The summed E-state index contributed by atoms with van der Waals surface area (Å²) in [6.07, 6.45) is 0. The monoisotopic (exact) mass is 288 g/mol. The molecule has 1 amide bonds. The number of nitrogens with two attached hydrogens (primary N) is 1. The molecule has 1 aromatic heterocycles. The molecular formula is C17H24N2O2. The third kappa shape index (κ3) is 2.95. The summed E-state index contributed by atoms with van der Waals surface area (Å²) in [4.78, 5) is 12.4. The highest BCUT2D eigenvalue weighted by Crippen LogP contribution is 2.24. The largest absolute Gasteiger partial charge is 0.451 e. The lowest BCUT2D eigenvalue weighted by Gasteiger charge is -2.33. The number of aryl methyl sites for hydroxylation is 2. The number of carbonyl (C=O) groups is 1. The Balaban J connectivity index is 2.32. The van der Waals surface area contributed by atoms with Crippen LogP contribution in [0.2, 0.25) is 0 Å². The number of amides is 1. The summed E-state index contributed by atoms with van der Waals surface area (Å²) >= 11 is 0. The van der Waals surface area contributed by atoms with Gasteiger partial charge in [0.1, 0.15) is 5.58 Å². The average Bonchev–Trinajstić information content (AvgIpc) is 2.81. The molecule has 0 saturated heterocycles. The van der Waals surface area contributed by atoms with Gasteiger partial charge in [-0.1, -0.05) is 13.8 Å². The Hall–Kier alpha value is -1.81. The highest BCUT2D eigenvalue weighted by molar-refractivity contribution is 5.96. The molecule has 4 nitrogen and oxygen atoms in total. The molecule has 3 N–H and O–H groups in total. The first-order chi connectivity index (χ1) is 9.76. The molecule has 2 rings (SSSR count). The Morgan fingerprint density at radius 2 is 1.90 bits per heavy atom. The zero-order chi connectivity index (χ0) is 15.8. The van der Waals surface area contributed by atoms with Gasteiger partial charge in [0.15, 0.2) is 5.76 Å². The molecule has 2 aromatic rings. The van der Waals surface area contributed by atoms with Crippen molar-refractivity contribution in [2.45, 2.75) is 40.2 Å². The second-order valence-corrected chi connectivity index (χ2v) is 6.32. The Morgan fingerprint density at radius 3 is 2.48 bits per heavy atom. The molecule has 4 heteroatoms. The summed E-state index contributed by atoms with van der Waals surface area (Å²) in [5, 5.41) is 3.94. The molecule has 0 aliphatic rings. The number of carbonyl (C=O) groups excluding carboxylic acids is 1. The molecule has 0 bridgehead atoms. The average molecular weight is 288 g/mol. The summed E-state index contributed by atoms with van der Waals surface area (Å²) in [6.45, 7) is 10.5. The maximum atomic E-state index is 12.4. The minimum Gasteiger partial charge on any atom is -0.451 e. The van der Waals surface area contributed by atoms with Crippen LogP contribution in [0.4, 0.5) is 0 Å². The fraction of sp³-hybridized carbons (Fsp3) is 0.471. The third-order valence-electron chi connectivity index (χ3n) is 4.45. The predicted octanol–water partition coefficient (Wildman–Crippen LogP) is 3.15. The fourth-order valence-corrected chi connectivity index (χ4v) is 2.17. The van der Waals surface area contributed by atoms with Crippen LogP contribution >= 0.6 is 0 Å². The normalized spacial score (nSPS) is 14.4. The highest BCUT2D eigenvalue weighted by Gasteiger charge is 2.30. The molecule has 0 aliphatic carbocycles. The van der Waals surface area contributed by atoms with E-state index in [2.05, 4.69) is 5.32 Å². The van der Waals surface area contributed by atoms with Crippen LogP contribution in [0.5, 0.6) is 0 Å². The van der Waals surface area contributed by atoms with Crippen LogP contribution in [0.1, 0.15) is 42.5 Å². The standard InChI is InChI=1S/C17H24N2O2/c1-10(2)17(5,9-18)19-16(20)15-8-13-6-11(3)12(4)7-14(13)21-15/h6-8,10H,9,18H2,1-5H3,(H,19,20). The maximum absolute atomic E-state index is 12.4. The van der Waals surface area contributed by atoms with Crippen molar-refractivity contribution in [3.8, 4) is 0 Å². The van der Waals surface area contributed by atoms with Gasteiger partial charge in [0, 0.05) is 11.9 Å². The first-order valence-corrected chi connectivity index (χ1v) is 7.30. The van der Waals surface area contributed by atoms with Gasteiger partial charge in [0.2, 0.25) is 0 Å². The molecule has 1 aromatic carbocycles. The Labute approximate surface area is 125 Å². The molecule has 1 atom stereocenters. The van der Waals surface area contributed by atoms with E-state index >= 15 is 0 Å². The van der Waals surface area contributed by atoms with Gasteiger partial charge in [0.05, 0.1) is 5.54 Å². The van der Waals surface area contributed by atoms with Crippen LogP contribution in [-0.2, 0) is 0 Å². The molecule has 1 heterocycles. The van der Waals surface area contributed by atoms with Gasteiger partial charge in [0.25, 0.3) is 5.91 Å². The molecule has 0 radical (unpaired) electrons. The van der Waals surface area contributed by atoms with Crippen molar-refractivity contribution in [3.63, 3.8) is 0 Å². The van der Waals surface area contributed by atoms with E-state index in [0.29, 0.717) is 12.3 Å². The van der Waals surface area contributed by atoms with E-state index in [1.165, 1.54) is 5.56 Å². The predicted molar refractivity (Wildman–Crippen MR) is 85.5 cm³/mol. The second kappa shape index (κ2) is 5.53. The first kappa shape index (κ1) is 15.6. The van der Waals surface area contributed by atoms with Crippen LogP contribution in [0.25, 0.3) is 11.0 Å². The van der Waals surface area contributed by atoms with E-state index in [-0.39, 0.29) is 11.8 Å². The number of fused-ring (bicyclic) bond motifs is 1. The van der Waals surface area contributed by atoms with E-state index in [1.807, 2.05) is 46.8 Å². The summed E-state index contributed by atoms with van der Waals surface area (Å²) in [5.74, 6) is 0.346. The lowest BCUT2D eigenvalue weighted by Crippen LogP contribution is -2.54. The first-order valence-electron chi connectivity index (χ1n) is 7.30. The van der Waals surface area contributed by atoms with Crippen molar-refractivity contribution in [2.75, 3.05) is 6.54 Å². The third-order valence-corrected chi connectivity index (χ3v) is 4.45. The molecule has 21 heavy (non-hydrogen) atoms. The topological polar surface area (TPSA) is 68.3 Å². The van der Waals surface area contributed by atoms with E-state index in [1.54, 1.807) is 6.07 Å². The molecule has 0 spiro atoms. The van der Waals surface area contributed by atoms with Crippen LogP contribution in [0, 0.1) is 19.8 Å². The van der Waals surface area contributed by atoms with Crippen LogP contribution in [0.3, 0.4) is 0 Å². The summed E-state index contributed by atoms with van der Waals surface area (Å²) in [6, 6.07) is 5.79. The Bertz CT molecular complexity index is 634. The minimum atomic E-state index is -0.443. The van der Waals surface area contributed by atoms with Gasteiger partial charge < -0.3 is 15.5 Å². The molecule has 114 valence electrons. The number of furan rings is 1. The summed E-state index contributed by atoms with van der Waals surface area (Å²) < 4.78 is 5.68. The Kier molecular flexibility index (Phi) is 4.10. The van der Waals surface area contributed by atoms with Crippen molar-refractivity contribution in [1.29, 1.82) is 0 Å².